The third kappa shape index (κ3) is 7.20. The number of methoxy groups -OCH3 is 2. The Kier molecular flexibility index (Phi) is 7.48. The average molecular weight is 283 g/mol. The molecule has 0 aromatic rings. The summed E-state index contributed by atoms with van der Waals surface area (Å²) in [5.41, 5.74) is 0. The Morgan fingerprint density at radius 2 is 1.94 bits per heavy atom. The molecular formula is C9H17NO7S. The maximum Gasteiger partial charge on any atom is 0.324 e. The van der Waals surface area contributed by atoms with Gasteiger partial charge in [0.2, 0.25) is 10.0 Å². The Hall–Kier alpha value is -1.19. The lowest BCUT2D eigenvalue weighted by Gasteiger charge is -2.13. The topological polar surface area (TPSA) is 119 Å². The summed E-state index contributed by atoms with van der Waals surface area (Å²) in [6.07, 6.45) is 0.0146. The molecule has 0 aliphatic carbocycles. The molecule has 0 saturated heterocycles. The summed E-state index contributed by atoms with van der Waals surface area (Å²) in [4.78, 5) is 21.5. The third-order valence-electron chi connectivity index (χ3n) is 1.97. The van der Waals surface area contributed by atoms with E-state index in [4.69, 9.17) is 5.11 Å². The molecule has 0 aromatic carbocycles. The second-order valence-corrected chi connectivity index (χ2v) is 5.34. The maximum atomic E-state index is 11.5. The third-order valence-corrected chi connectivity index (χ3v) is 3.44. The average Bonchev–Trinajstić information content (AvgIpc) is 2.27. The summed E-state index contributed by atoms with van der Waals surface area (Å²) in [5, 5.41) is 8.74. The van der Waals surface area contributed by atoms with Gasteiger partial charge in [0.05, 0.1) is 19.5 Å². The second-order valence-electron chi connectivity index (χ2n) is 3.46. The molecule has 18 heavy (non-hydrogen) atoms. The van der Waals surface area contributed by atoms with E-state index in [1.807, 2.05) is 4.72 Å². The van der Waals surface area contributed by atoms with Crippen molar-refractivity contribution in [3.63, 3.8) is 0 Å². The SMILES string of the molecule is COCC(NS(=O)(=O)CCCC(=O)OC)C(=O)O. The van der Waals surface area contributed by atoms with E-state index in [0.717, 1.165) is 0 Å². The molecule has 8 nitrogen and oxygen atoms in total. The highest BCUT2D eigenvalue weighted by molar-refractivity contribution is 7.89. The Balaban J connectivity index is 4.28. The molecule has 0 heterocycles. The molecule has 1 unspecified atom stereocenters. The van der Waals surface area contributed by atoms with Gasteiger partial charge >= 0.3 is 11.9 Å². The van der Waals surface area contributed by atoms with Crippen molar-refractivity contribution >= 4 is 22.0 Å². The van der Waals surface area contributed by atoms with Gasteiger partial charge in [-0.2, -0.15) is 4.72 Å². The molecule has 0 aliphatic rings. The zero-order valence-electron chi connectivity index (χ0n) is 10.2. The molecule has 9 heteroatoms. The van der Waals surface area contributed by atoms with Gasteiger partial charge in [-0.1, -0.05) is 0 Å². The van der Waals surface area contributed by atoms with Crippen molar-refractivity contribution < 1.29 is 32.6 Å². The first-order valence-electron chi connectivity index (χ1n) is 5.11. The summed E-state index contributed by atoms with van der Waals surface area (Å²) < 4.78 is 33.9. The van der Waals surface area contributed by atoms with E-state index >= 15 is 0 Å². The molecule has 0 aliphatic heterocycles. The zero-order chi connectivity index (χ0) is 14.2. The van der Waals surface area contributed by atoms with Crippen molar-refractivity contribution in [3.8, 4) is 0 Å². The van der Waals surface area contributed by atoms with Gasteiger partial charge in [0.15, 0.2) is 0 Å². The normalized spacial score (nSPS) is 13.0. The van der Waals surface area contributed by atoms with E-state index in [9.17, 15) is 18.0 Å². The van der Waals surface area contributed by atoms with Crippen molar-refractivity contribution in [2.45, 2.75) is 18.9 Å². The first kappa shape index (κ1) is 16.8. The van der Waals surface area contributed by atoms with Crippen LogP contribution in [0.2, 0.25) is 0 Å². The zero-order valence-corrected chi connectivity index (χ0v) is 11.0. The fraction of sp³-hybridized carbons (Fsp3) is 0.778. The summed E-state index contributed by atoms with van der Waals surface area (Å²) in [5.74, 6) is -2.19. The smallest absolute Gasteiger partial charge is 0.324 e. The van der Waals surface area contributed by atoms with Crippen LogP contribution < -0.4 is 4.72 Å². The minimum absolute atomic E-state index is 0.0422. The first-order chi connectivity index (χ1) is 8.32. The monoisotopic (exact) mass is 283 g/mol. The Bertz CT molecular complexity index is 378. The summed E-state index contributed by atoms with van der Waals surface area (Å²) in [6, 6.07) is -1.34. The fourth-order valence-corrected chi connectivity index (χ4v) is 2.35. The predicted octanol–water partition coefficient (Wildman–Crippen LogP) is -1.04. The Labute approximate surface area is 105 Å². The molecule has 2 N–H and O–H groups in total. The number of sulfonamides is 1. The Morgan fingerprint density at radius 3 is 2.39 bits per heavy atom. The lowest BCUT2D eigenvalue weighted by Crippen LogP contribution is -2.44. The molecule has 0 radical (unpaired) electrons. The van der Waals surface area contributed by atoms with Gasteiger partial charge in [0, 0.05) is 13.5 Å². The number of aliphatic carboxylic acids is 1. The van der Waals surface area contributed by atoms with Gasteiger partial charge < -0.3 is 14.6 Å². The van der Waals surface area contributed by atoms with E-state index in [-0.39, 0.29) is 25.2 Å². The van der Waals surface area contributed by atoms with E-state index < -0.39 is 28.0 Å². The van der Waals surface area contributed by atoms with Crippen LogP contribution in [0.25, 0.3) is 0 Å². The highest BCUT2D eigenvalue weighted by Gasteiger charge is 2.23. The van der Waals surface area contributed by atoms with Crippen LogP contribution in [0.5, 0.6) is 0 Å². The van der Waals surface area contributed by atoms with E-state index in [2.05, 4.69) is 9.47 Å². The van der Waals surface area contributed by atoms with Gasteiger partial charge in [-0.05, 0) is 6.42 Å². The second kappa shape index (κ2) is 8.01. The lowest BCUT2D eigenvalue weighted by molar-refractivity contribution is -0.141. The molecule has 1 atom stereocenters. The van der Waals surface area contributed by atoms with E-state index in [0.29, 0.717) is 0 Å². The molecule has 0 saturated carbocycles. The van der Waals surface area contributed by atoms with E-state index in [1.54, 1.807) is 0 Å². The van der Waals surface area contributed by atoms with Crippen LogP contribution in [0.3, 0.4) is 0 Å². The number of nitrogens with one attached hydrogen (secondary N) is 1. The van der Waals surface area contributed by atoms with Gasteiger partial charge in [-0.15, -0.1) is 0 Å². The van der Waals surface area contributed by atoms with Crippen molar-refractivity contribution in [1.29, 1.82) is 0 Å². The first-order valence-corrected chi connectivity index (χ1v) is 6.76. The van der Waals surface area contributed by atoms with E-state index in [1.165, 1.54) is 14.2 Å². The maximum absolute atomic E-state index is 11.5. The Morgan fingerprint density at radius 1 is 1.33 bits per heavy atom. The molecule has 0 aromatic heterocycles. The van der Waals surface area contributed by atoms with Crippen LogP contribution in [-0.4, -0.2) is 58.1 Å². The van der Waals surface area contributed by atoms with Crippen molar-refractivity contribution in [3.05, 3.63) is 0 Å². The van der Waals surface area contributed by atoms with Crippen LogP contribution in [0.15, 0.2) is 0 Å². The van der Waals surface area contributed by atoms with Crippen molar-refractivity contribution in [2.75, 3.05) is 26.6 Å². The highest BCUT2D eigenvalue weighted by atomic mass is 32.2. The lowest BCUT2D eigenvalue weighted by atomic mass is 10.3. The van der Waals surface area contributed by atoms with Gasteiger partial charge in [-0.25, -0.2) is 8.42 Å². The minimum Gasteiger partial charge on any atom is -0.480 e. The molecule has 0 amide bonds. The molecular weight excluding hydrogens is 266 g/mol. The van der Waals surface area contributed by atoms with Gasteiger partial charge in [0.1, 0.15) is 6.04 Å². The van der Waals surface area contributed by atoms with Crippen LogP contribution in [0.1, 0.15) is 12.8 Å². The number of hydrogen-bond acceptors (Lipinski definition) is 6. The van der Waals surface area contributed by atoms with Gasteiger partial charge in [-0.3, -0.25) is 9.59 Å². The van der Waals surface area contributed by atoms with Crippen molar-refractivity contribution in [2.24, 2.45) is 0 Å². The minimum atomic E-state index is -3.77. The highest BCUT2D eigenvalue weighted by Crippen LogP contribution is 1.98. The standard InChI is InChI=1S/C9H17NO7S/c1-16-6-7(9(12)13)10-18(14,15)5-3-4-8(11)17-2/h7,10H,3-6H2,1-2H3,(H,12,13). The quantitative estimate of drug-likeness (QED) is 0.519. The van der Waals surface area contributed by atoms with Crippen LogP contribution in [0, 0.1) is 0 Å². The molecule has 0 spiro atoms. The number of carbonyl (C=O) groups excluding carboxylic acids is 1. The summed E-state index contributed by atoms with van der Waals surface area (Å²) >= 11 is 0. The molecule has 106 valence electrons. The number of carboxylic acid groups (broad SMARTS) is 1. The molecule has 0 rings (SSSR count). The number of hydrogen-bond donors (Lipinski definition) is 2. The number of esters is 1. The van der Waals surface area contributed by atoms with Crippen molar-refractivity contribution in [1.82, 2.24) is 4.72 Å². The summed E-state index contributed by atoms with van der Waals surface area (Å²) in [7, 11) is -1.30. The number of carbonyl (C=O) groups is 2. The molecule has 0 bridgehead atoms. The fourth-order valence-electron chi connectivity index (χ4n) is 1.11. The largest absolute Gasteiger partial charge is 0.480 e. The summed E-state index contributed by atoms with van der Waals surface area (Å²) in [6.45, 7) is -0.272. The number of rotatable bonds is 9. The number of ether oxygens (including phenoxy) is 2. The van der Waals surface area contributed by atoms with Gasteiger partial charge in [0.25, 0.3) is 0 Å². The number of carboxylic acids is 1. The van der Waals surface area contributed by atoms with Crippen LogP contribution >= 0.6 is 0 Å². The van der Waals surface area contributed by atoms with Crippen LogP contribution in [0.4, 0.5) is 0 Å². The molecule has 0 fully saturated rings. The predicted molar refractivity (Wildman–Crippen MR) is 61.5 cm³/mol. The van der Waals surface area contributed by atoms with Crippen LogP contribution in [-0.2, 0) is 29.1 Å².